The van der Waals surface area contributed by atoms with Crippen molar-refractivity contribution in [2.45, 2.75) is 31.7 Å². The smallest absolute Gasteiger partial charge is 0.134 e. The van der Waals surface area contributed by atoms with E-state index >= 15 is 0 Å². The second kappa shape index (κ2) is 5.76. The molecule has 2 heterocycles. The molecule has 1 fully saturated rings. The Labute approximate surface area is 114 Å². The lowest BCUT2D eigenvalue weighted by atomic mass is 10.2. The first-order valence-electron chi connectivity index (χ1n) is 7.29. The van der Waals surface area contributed by atoms with Crippen LogP contribution in [0.5, 0.6) is 0 Å². The summed E-state index contributed by atoms with van der Waals surface area (Å²) in [4.78, 5) is 2.48. The number of hydrogen-bond donors (Lipinski definition) is 1. The van der Waals surface area contributed by atoms with Crippen molar-refractivity contribution in [2.24, 2.45) is 5.73 Å². The van der Waals surface area contributed by atoms with Crippen LogP contribution < -0.4 is 5.73 Å². The highest BCUT2D eigenvalue weighted by Gasteiger charge is 2.17. The zero-order valence-corrected chi connectivity index (χ0v) is 11.3. The van der Waals surface area contributed by atoms with Gasteiger partial charge in [-0.15, -0.1) is 0 Å². The molecule has 2 N–H and O–H groups in total. The summed E-state index contributed by atoms with van der Waals surface area (Å²) in [5.74, 6) is 0.908. The molecule has 1 aromatic carbocycles. The third-order valence-corrected chi connectivity index (χ3v) is 3.96. The SMILES string of the molecule is NC(CN1CCCCCC1)c1cc2ccccc2o1. The van der Waals surface area contributed by atoms with Crippen molar-refractivity contribution in [3.05, 3.63) is 36.1 Å². The third kappa shape index (κ3) is 2.99. The Kier molecular flexibility index (Phi) is 3.85. The summed E-state index contributed by atoms with van der Waals surface area (Å²) in [6.45, 7) is 3.25. The minimum Gasteiger partial charge on any atom is -0.459 e. The lowest BCUT2D eigenvalue weighted by Gasteiger charge is -2.22. The van der Waals surface area contributed by atoms with Crippen LogP contribution in [-0.4, -0.2) is 24.5 Å². The summed E-state index contributed by atoms with van der Waals surface area (Å²) in [6, 6.07) is 10.2. The number of nitrogens with zero attached hydrogens (tertiary/aromatic N) is 1. The molecule has 3 rings (SSSR count). The van der Waals surface area contributed by atoms with E-state index in [1.165, 1.54) is 38.8 Å². The van der Waals surface area contributed by atoms with E-state index in [-0.39, 0.29) is 6.04 Å². The molecule has 1 aliphatic heterocycles. The molecule has 1 aromatic heterocycles. The van der Waals surface area contributed by atoms with Crippen molar-refractivity contribution in [1.82, 2.24) is 4.90 Å². The second-order valence-electron chi connectivity index (χ2n) is 5.51. The van der Waals surface area contributed by atoms with Crippen LogP contribution in [-0.2, 0) is 0 Å². The number of benzene rings is 1. The summed E-state index contributed by atoms with van der Waals surface area (Å²) in [5.41, 5.74) is 7.24. The van der Waals surface area contributed by atoms with Gasteiger partial charge < -0.3 is 15.1 Å². The van der Waals surface area contributed by atoms with Crippen LogP contribution in [0.3, 0.4) is 0 Å². The van der Waals surface area contributed by atoms with Crippen LogP contribution in [0.1, 0.15) is 37.5 Å². The van der Waals surface area contributed by atoms with Gasteiger partial charge in [0.1, 0.15) is 11.3 Å². The van der Waals surface area contributed by atoms with Crippen LogP contribution in [0, 0.1) is 0 Å². The molecule has 3 nitrogen and oxygen atoms in total. The first kappa shape index (κ1) is 12.7. The summed E-state index contributed by atoms with van der Waals surface area (Å²) < 4.78 is 5.85. The highest BCUT2D eigenvalue weighted by atomic mass is 16.3. The zero-order chi connectivity index (χ0) is 13.1. The summed E-state index contributed by atoms with van der Waals surface area (Å²) in [5, 5.41) is 1.14. The summed E-state index contributed by atoms with van der Waals surface area (Å²) in [7, 11) is 0. The van der Waals surface area contributed by atoms with E-state index in [1.807, 2.05) is 18.2 Å². The van der Waals surface area contributed by atoms with Crippen molar-refractivity contribution in [3.63, 3.8) is 0 Å². The van der Waals surface area contributed by atoms with Gasteiger partial charge in [0.25, 0.3) is 0 Å². The minimum absolute atomic E-state index is 0.0227. The molecule has 0 amide bonds. The Morgan fingerprint density at radius 1 is 1.11 bits per heavy atom. The number of likely N-dealkylation sites (tertiary alicyclic amines) is 1. The van der Waals surface area contributed by atoms with Crippen molar-refractivity contribution in [1.29, 1.82) is 0 Å². The van der Waals surface area contributed by atoms with E-state index in [2.05, 4.69) is 17.0 Å². The summed E-state index contributed by atoms with van der Waals surface area (Å²) in [6.07, 6.45) is 5.31. The number of hydrogen-bond acceptors (Lipinski definition) is 3. The molecule has 19 heavy (non-hydrogen) atoms. The number of rotatable bonds is 3. The van der Waals surface area contributed by atoms with Gasteiger partial charge in [0.05, 0.1) is 6.04 Å². The van der Waals surface area contributed by atoms with Gasteiger partial charge >= 0.3 is 0 Å². The van der Waals surface area contributed by atoms with Gasteiger partial charge in [0, 0.05) is 11.9 Å². The molecule has 0 bridgehead atoms. The molecule has 1 unspecified atom stereocenters. The molecule has 0 radical (unpaired) electrons. The Hall–Kier alpha value is -1.32. The molecule has 1 aliphatic rings. The molecule has 0 saturated carbocycles. The third-order valence-electron chi connectivity index (χ3n) is 3.96. The quantitative estimate of drug-likeness (QED) is 0.918. The first-order valence-corrected chi connectivity index (χ1v) is 7.29. The lowest BCUT2D eigenvalue weighted by molar-refractivity contribution is 0.257. The van der Waals surface area contributed by atoms with Gasteiger partial charge in [-0.2, -0.15) is 0 Å². The monoisotopic (exact) mass is 258 g/mol. The number of furan rings is 1. The average molecular weight is 258 g/mol. The zero-order valence-electron chi connectivity index (χ0n) is 11.3. The molecule has 3 heteroatoms. The fourth-order valence-electron chi connectivity index (χ4n) is 2.87. The molecule has 0 aliphatic carbocycles. The molecule has 1 atom stereocenters. The van der Waals surface area contributed by atoms with Gasteiger partial charge in [0.2, 0.25) is 0 Å². The van der Waals surface area contributed by atoms with E-state index in [4.69, 9.17) is 10.2 Å². The maximum absolute atomic E-state index is 6.31. The predicted octanol–water partition coefficient (Wildman–Crippen LogP) is 3.31. The van der Waals surface area contributed by atoms with E-state index in [0.29, 0.717) is 0 Å². The van der Waals surface area contributed by atoms with Crippen molar-refractivity contribution in [2.75, 3.05) is 19.6 Å². The van der Waals surface area contributed by atoms with E-state index in [0.717, 1.165) is 23.3 Å². The van der Waals surface area contributed by atoms with Gasteiger partial charge in [-0.05, 0) is 38.1 Å². The molecule has 102 valence electrons. The van der Waals surface area contributed by atoms with Crippen LogP contribution >= 0.6 is 0 Å². The minimum atomic E-state index is -0.0227. The lowest BCUT2D eigenvalue weighted by Crippen LogP contribution is -2.32. The van der Waals surface area contributed by atoms with Crippen LogP contribution in [0.2, 0.25) is 0 Å². The van der Waals surface area contributed by atoms with Crippen LogP contribution in [0.15, 0.2) is 34.7 Å². The van der Waals surface area contributed by atoms with Gasteiger partial charge in [-0.3, -0.25) is 0 Å². The van der Waals surface area contributed by atoms with Gasteiger partial charge in [-0.25, -0.2) is 0 Å². The van der Waals surface area contributed by atoms with Crippen molar-refractivity contribution in [3.8, 4) is 0 Å². The molecular weight excluding hydrogens is 236 g/mol. The topological polar surface area (TPSA) is 42.4 Å². The Bertz CT molecular complexity index is 493. The Balaban J connectivity index is 1.70. The fraction of sp³-hybridized carbons (Fsp3) is 0.500. The predicted molar refractivity (Wildman–Crippen MR) is 78.1 cm³/mol. The highest BCUT2D eigenvalue weighted by molar-refractivity contribution is 5.77. The maximum atomic E-state index is 6.31. The fourth-order valence-corrected chi connectivity index (χ4v) is 2.87. The highest BCUT2D eigenvalue weighted by Crippen LogP contribution is 2.23. The van der Waals surface area contributed by atoms with E-state index < -0.39 is 0 Å². The summed E-state index contributed by atoms with van der Waals surface area (Å²) >= 11 is 0. The average Bonchev–Trinajstić information content (AvgIpc) is 2.70. The van der Waals surface area contributed by atoms with Crippen molar-refractivity contribution >= 4 is 11.0 Å². The molecular formula is C16H22N2O. The standard InChI is InChI=1S/C16H22N2O/c17-14(12-18-9-5-1-2-6-10-18)16-11-13-7-3-4-8-15(13)19-16/h3-4,7-8,11,14H,1-2,5-6,9-10,12,17H2. The van der Waals surface area contributed by atoms with Gasteiger partial charge in [-0.1, -0.05) is 31.0 Å². The van der Waals surface area contributed by atoms with E-state index in [9.17, 15) is 0 Å². The largest absolute Gasteiger partial charge is 0.459 e. The van der Waals surface area contributed by atoms with E-state index in [1.54, 1.807) is 0 Å². The number of nitrogens with two attached hydrogens (primary N) is 1. The molecule has 2 aromatic rings. The second-order valence-corrected chi connectivity index (χ2v) is 5.51. The molecule has 1 saturated heterocycles. The Morgan fingerprint density at radius 3 is 2.58 bits per heavy atom. The van der Waals surface area contributed by atoms with Crippen LogP contribution in [0.4, 0.5) is 0 Å². The number of para-hydroxylation sites is 1. The van der Waals surface area contributed by atoms with Crippen LogP contribution in [0.25, 0.3) is 11.0 Å². The van der Waals surface area contributed by atoms with Crippen molar-refractivity contribution < 1.29 is 4.42 Å². The van der Waals surface area contributed by atoms with Gasteiger partial charge in [0.15, 0.2) is 0 Å². The maximum Gasteiger partial charge on any atom is 0.134 e. The Morgan fingerprint density at radius 2 is 1.84 bits per heavy atom. The first-order chi connectivity index (χ1) is 9.33. The normalized spacial score (nSPS) is 19.4. The molecule has 0 spiro atoms. The number of fused-ring (bicyclic) bond motifs is 1.